The van der Waals surface area contributed by atoms with Crippen LogP contribution in [0.1, 0.15) is 79.6 Å². The second-order valence-corrected chi connectivity index (χ2v) is 14.9. The Morgan fingerprint density at radius 2 is 1.72 bits per heavy atom. The Bertz CT molecular complexity index is 1210. The van der Waals surface area contributed by atoms with Gasteiger partial charge < -0.3 is 29.9 Å². The van der Waals surface area contributed by atoms with Gasteiger partial charge in [0.1, 0.15) is 0 Å². The Morgan fingerprint density at radius 3 is 2.28 bits per heavy atom. The number of ether oxygens (including phenoxy) is 2. The smallest absolute Gasteiger partial charge is 0.226 e. The first-order chi connectivity index (χ1) is 23.8. The summed E-state index contributed by atoms with van der Waals surface area (Å²) in [6.07, 6.45) is 14.1. The first-order valence-electron chi connectivity index (χ1n) is 18.6. The number of carbonyl (C=O) groups excluding carboxylic acids is 4. The van der Waals surface area contributed by atoms with E-state index in [2.05, 4.69) is 22.8 Å². The van der Waals surface area contributed by atoms with Crippen LogP contribution in [0.3, 0.4) is 0 Å². The maximum atomic E-state index is 15.3. The second kappa shape index (κ2) is 19.6. The van der Waals surface area contributed by atoms with Gasteiger partial charge in [0.15, 0.2) is 11.5 Å². The number of carbonyl (C=O) groups is 4. The molecule has 0 saturated carbocycles. The van der Waals surface area contributed by atoms with E-state index >= 15 is 4.39 Å². The number of rotatable bonds is 19. The van der Waals surface area contributed by atoms with Gasteiger partial charge in [-0.05, 0) is 43.6 Å². The summed E-state index contributed by atoms with van der Waals surface area (Å²) in [7, 11) is 4.85. The Hall–Kier alpha value is -2.89. The Kier molecular flexibility index (Phi) is 16.3. The van der Waals surface area contributed by atoms with Crippen molar-refractivity contribution in [3.63, 3.8) is 0 Å². The molecular weight excluding hydrogens is 639 g/mol. The molecule has 282 valence electrons. The van der Waals surface area contributed by atoms with Gasteiger partial charge in [-0.25, -0.2) is 4.39 Å². The molecule has 0 aromatic rings. The lowest BCUT2D eigenvalue weighted by Gasteiger charge is -2.41. The molecule has 2 fully saturated rings. The van der Waals surface area contributed by atoms with Crippen molar-refractivity contribution < 1.29 is 33.0 Å². The van der Waals surface area contributed by atoms with E-state index in [1.165, 1.54) is 0 Å². The van der Waals surface area contributed by atoms with E-state index in [1.807, 2.05) is 63.8 Å². The molecule has 3 rings (SSSR count). The highest BCUT2D eigenvalue weighted by molar-refractivity contribution is 5.92. The molecule has 0 bridgehead atoms. The largest absolute Gasteiger partial charge is 0.379 e. The van der Waals surface area contributed by atoms with E-state index in [0.29, 0.717) is 26.1 Å². The van der Waals surface area contributed by atoms with Crippen LogP contribution in [0.5, 0.6) is 0 Å². The van der Waals surface area contributed by atoms with Crippen LogP contribution >= 0.6 is 0 Å². The summed E-state index contributed by atoms with van der Waals surface area (Å²) < 4.78 is 27.2. The highest BCUT2D eigenvalue weighted by Crippen LogP contribution is 2.32. The Morgan fingerprint density at radius 1 is 1.04 bits per heavy atom. The summed E-state index contributed by atoms with van der Waals surface area (Å²) >= 11 is 0. The van der Waals surface area contributed by atoms with Gasteiger partial charge in [0.2, 0.25) is 17.7 Å². The average molecular weight is 703 g/mol. The molecule has 2 N–H and O–H groups in total. The van der Waals surface area contributed by atoms with Crippen LogP contribution in [0.25, 0.3) is 0 Å². The minimum Gasteiger partial charge on any atom is -0.379 e. The lowest BCUT2D eigenvalue weighted by molar-refractivity contribution is -0.149. The average Bonchev–Trinajstić information content (AvgIpc) is 3.69. The van der Waals surface area contributed by atoms with Gasteiger partial charge in [0.05, 0.1) is 36.6 Å². The number of methoxy groups -OCH3 is 2. The zero-order valence-corrected chi connectivity index (χ0v) is 31.7. The molecule has 10 nitrogen and oxygen atoms in total. The van der Waals surface area contributed by atoms with Crippen LogP contribution < -0.4 is 10.6 Å². The van der Waals surface area contributed by atoms with Gasteiger partial charge in [-0.3, -0.25) is 19.2 Å². The third-order valence-electron chi connectivity index (χ3n) is 11.2. The summed E-state index contributed by atoms with van der Waals surface area (Å²) in [5.74, 6) is -2.15. The molecular formula is C39H63FN4O6. The van der Waals surface area contributed by atoms with Gasteiger partial charge in [-0.1, -0.05) is 77.5 Å². The molecule has 0 radical (unpaired) electrons. The van der Waals surface area contributed by atoms with Crippen LogP contribution in [0, 0.1) is 29.6 Å². The van der Waals surface area contributed by atoms with E-state index in [4.69, 9.17) is 9.47 Å². The SMILES string of the molecule is CC[C@H](C)[C@@H]([C@@H](CC(=O)N1CCC[C@H]1[C@H](OC)[C@@H](C)C(=O)NCCC1C=CC=CC=C1)OC)N(C)C(=O)[C@@H](CC(=O)[C@]1(F)CCNC1)C(C)C. The van der Waals surface area contributed by atoms with Gasteiger partial charge >= 0.3 is 0 Å². The molecule has 2 aliphatic heterocycles. The lowest BCUT2D eigenvalue weighted by atomic mass is 9.83. The van der Waals surface area contributed by atoms with Crippen molar-refractivity contribution in [2.24, 2.45) is 29.6 Å². The molecule has 3 aliphatic rings. The number of hydrogen-bond donors (Lipinski definition) is 2. The zero-order chi connectivity index (χ0) is 37.0. The molecule has 3 amide bonds. The van der Waals surface area contributed by atoms with Crippen LogP contribution in [-0.2, 0) is 28.7 Å². The molecule has 50 heavy (non-hydrogen) atoms. The number of ketones is 1. The second-order valence-electron chi connectivity index (χ2n) is 14.9. The fourth-order valence-corrected chi connectivity index (χ4v) is 7.78. The van der Waals surface area contributed by atoms with Crippen LogP contribution in [0.4, 0.5) is 4.39 Å². The van der Waals surface area contributed by atoms with E-state index in [1.54, 1.807) is 26.2 Å². The predicted octanol–water partition coefficient (Wildman–Crippen LogP) is 4.64. The van der Waals surface area contributed by atoms with Crippen molar-refractivity contribution in [2.45, 2.75) is 110 Å². The standard InChI is InChI=1S/C39H63FN4O6/c1-9-27(4)35(43(6)38(48)30(26(2)3)23-33(45)39(40)19-21-41-25-39)32(49-7)24-34(46)44-22-14-17-31(44)36(50-8)28(5)37(47)42-20-18-29-15-12-10-11-13-16-29/h10-13,15-16,26-32,35-36,41H,9,14,17-25H2,1-8H3,(H,42,47)/t27-,28+,30-,31-,32+,35-,36+,39-/m0/s1. The van der Waals surface area contributed by atoms with Crippen molar-refractivity contribution in [1.82, 2.24) is 20.4 Å². The van der Waals surface area contributed by atoms with Gasteiger partial charge in [0.25, 0.3) is 0 Å². The molecule has 0 unspecified atom stereocenters. The Balaban J connectivity index is 1.70. The molecule has 1 aliphatic carbocycles. The molecule has 8 atom stereocenters. The third kappa shape index (κ3) is 10.6. The maximum Gasteiger partial charge on any atom is 0.226 e. The van der Waals surface area contributed by atoms with Crippen LogP contribution in [0.15, 0.2) is 36.5 Å². The molecule has 0 spiro atoms. The fourth-order valence-electron chi connectivity index (χ4n) is 7.78. The summed E-state index contributed by atoms with van der Waals surface area (Å²) in [4.78, 5) is 57.9. The minimum atomic E-state index is -1.95. The number of allylic oxidation sites excluding steroid dienone is 6. The van der Waals surface area contributed by atoms with E-state index < -0.39 is 41.5 Å². The van der Waals surface area contributed by atoms with Gasteiger partial charge in [-0.15, -0.1) is 0 Å². The molecule has 2 saturated heterocycles. The first-order valence-corrected chi connectivity index (χ1v) is 18.6. The van der Waals surface area contributed by atoms with Gasteiger partial charge in [0, 0.05) is 59.7 Å². The highest BCUT2D eigenvalue weighted by Gasteiger charge is 2.45. The Labute approximate surface area is 299 Å². The highest BCUT2D eigenvalue weighted by atomic mass is 19.1. The van der Waals surface area contributed by atoms with Gasteiger partial charge in [-0.2, -0.15) is 0 Å². The number of hydrogen-bond acceptors (Lipinski definition) is 7. The van der Waals surface area contributed by atoms with Crippen molar-refractivity contribution in [3.05, 3.63) is 36.5 Å². The zero-order valence-electron chi connectivity index (χ0n) is 31.7. The van der Waals surface area contributed by atoms with Crippen LogP contribution in [0.2, 0.25) is 0 Å². The summed E-state index contributed by atoms with van der Waals surface area (Å²) in [6.45, 7) is 11.1. The number of nitrogens with zero attached hydrogens (tertiary/aromatic N) is 2. The van der Waals surface area contributed by atoms with E-state index in [-0.39, 0.29) is 67.3 Å². The molecule has 11 heteroatoms. The number of likely N-dealkylation sites (tertiary alicyclic amines) is 1. The summed E-state index contributed by atoms with van der Waals surface area (Å²) in [5.41, 5.74) is -1.95. The van der Waals surface area contributed by atoms with Crippen molar-refractivity contribution in [3.8, 4) is 0 Å². The maximum absolute atomic E-state index is 15.3. The minimum absolute atomic E-state index is 0.0248. The van der Waals surface area contributed by atoms with Crippen molar-refractivity contribution in [2.75, 3.05) is 47.4 Å². The van der Waals surface area contributed by atoms with Crippen molar-refractivity contribution in [1.29, 1.82) is 0 Å². The predicted molar refractivity (Wildman–Crippen MR) is 194 cm³/mol. The van der Waals surface area contributed by atoms with E-state index in [0.717, 1.165) is 19.3 Å². The normalized spacial score (nSPS) is 24.4. The fraction of sp³-hybridized carbons (Fsp3) is 0.744. The van der Waals surface area contributed by atoms with Crippen LogP contribution in [-0.4, -0.2) is 111 Å². The number of amides is 3. The number of alkyl halides is 1. The number of likely N-dealkylation sites (N-methyl/N-ethyl adjacent to an activating group) is 1. The number of halogens is 1. The summed E-state index contributed by atoms with van der Waals surface area (Å²) in [5, 5.41) is 5.99. The molecule has 0 aromatic heterocycles. The third-order valence-corrected chi connectivity index (χ3v) is 11.2. The lowest BCUT2D eigenvalue weighted by Crippen LogP contribution is -2.54. The molecule has 0 aromatic carbocycles. The quantitative estimate of drug-likeness (QED) is 0.202. The number of nitrogens with one attached hydrogen (secondary N) is 2. The first kappa shape index (κ1) is 41.5. The topological polar surface area (TPSA) is 117 Å². The monoisotopic (exact) mass is 702 g/mol. The molecule has 2 heterocycles. The summed E-state index contributed by atoms with van der Waals surface area (Å²) in [6, 6.07) is -0.733. The van der Waals surface area contributed by atoms with Crippen molar-refractivity contribution >= 4 is 23.5 Å². The van der Waals surface area contributed by atoms with E-state index in [9.17, 15) is 19.2 Å². The number of Topliss-reactive ketones (excluding diaryl/α,β-unsaturated/α-hetero) is 1.